The summed E-state index contributed by atoms with van der Waals surface area (Å²) >= 11 is 0. The molecule has 0 aliphatic heterocycles. The molecule has 1 aromatic rings. The van der Waals surface area contributed by atoms with Crippen molar-refractivity contribution >= 4 is 21.4 Å². The van der Waals surface area contributed by atoms with Crippen molar-refractivity contribution in [3.63, 3.8) is 0 Å². The summed E-state index contributed by atoms with van der Waals surface area (Å²) in [6.45, 7) is 2.05. The van der Waals surface area contributed by atoms with Gasteiger partial charge in [-0.2, -0.15) is 0 Å². The summed E-state index contributed by atoms with van der Waals surface area (Å²) in [6.07, 6.45) is 1.05. The molecule has 0 aliphatic rings. The van der Waals surface area contributed by atoms with Crippen molar-refractivity contribution in [1.82, 2.24) is 5.32 Å². The molecule has 0 bridgehead atoms. The third kappa shape index (κ3) is 4.53. The number of amides is 1. The predicted octanol–water partition coefficient (Wildman–Crippen LogP) is 0.0305. The number of sulfone groups is 1. The number of nitrogens with two attached hydrogens (primary N) is 1. The van der Waals surface area contributed by atoms with E-state index in [2.05, 4.69) is 5.32 Å². The zero-order valence-corrected chi connectivity index (χ0v) is 11.7. The minimum Gasteiger partial charge on any atom is -0.399 e. The lowest BCUT2D eigenvalue weighted by atomic mass is 10.1. The maximum atomic E-state index is 11.9. The van der Waals surface area contributed by atoms with Crippen LogP contribution in [-0.4, -0.2) is 38.8 Å². The van der Waals surface area contributed by atoms with Gasteiger partial charge in [-0.05, 0) is 24.1 Å². The van der Waals surface area contributed by atoms with E-state index in [9.17, 15) is 13.2 Å². The fraction of sp³-hybridized carbons (Fsp3) is 0.417. The first-order valence-corrected chi connectivity index (χ1v) is 7.63. The van der Waals surface area contributed by atoms with E-state index in [0.29, 0.717) is 6.54 Å². The molecule has 7 heteroatoms. The van der Waals surface area contributed by atoms with Crippen molar-refractivity contribution < 1.29 is 18.3 Å². The molecular formula is C12H18N2O4S. The zero-order valence-electron chi connectivity index (χ0n) is 10.9. The Kier molecular flexibility index (Phi) is 4.90. The molecule has 0 saturated carbocycles. The highest BCUT2D eigenvalue weighted by Gasteiger charge is 2.14. The number of carbonyl (C=O) groups is 1. The molecule has 1 amide bonds. The van der Waals surface area contributed by atoms with Gasteiger partial charge in [-0.15, -0.1) is 0 Å². The van der Waals surface area contributed by atoms with Crippen LogP contribution in [0.25, 0.3) is 0 Å². The lowest BCUT2D eigenvalue weighted by Gasteiger charge is -2.10. The Bertz CT molecular complexity index is 569. The van der Waals surface area contributed by atoms with Gasteiger partial charge >= 0.3 is 0 Å². The smallest absolute Gasteiger partial charge is 0.251 e. The van der Waals surface area contributed by atoms with E-state index in [1.807, 2.05) is 0 Å². The Hall–Kier alpha value is -1.60. The highest BCUT2D eigenvalue weighted by Crippen LogP contribution is 2.16. The topological polar surface area (TPSA) is 109 Å². The van der Waals surface area contributed by atoms with Crippen LogP contribution in [0.5, 0.6) is 0 Å². The Labute approximate surface area is 112 Å². The van der Waals surface area contributed by atoms with Crippen LogP contribution in [0.1, 0.15) is 17.3 Å². The van der Waals surface area contributed by atoms with Gasteiger partial charge in [0.05, 0.1) is 4.90 Å². The molecule has 0 fully saturated rings. The summed E-state index contributed by atoms with van der Waals surface area (Å²) in [4.78, 5) is 11.9. The van der Waals surface area contributed by atoms with Crippen molar-refractivity contribution in [2.75, 3.05) is 25.1 Å². The van der Waals surface area contributed by atoms with Crippen molar-refractivity contribution in [3.8, 4) is 0 Å². The first-order valence-electron chi connectivity index (χ1n) is 5.73. The van der Waals surface area contributed by atoms with Crippen LogP contribution < -0.4 is 11.1 Å². The van der Waals surface area contributed by atoms with Crippen LogP contribution in [0.15, 0.2) is 23.1 Å². The monoisotopic (exact) mass is 286 g/mol. The number of carbonyl (C=O) groups excluding carboxylic acids is 1. The van der Waals surface area contributed by atoms with Crippen LogP contribution in [0.2, 0.25) is 0 Å². The number of nitrogens with one attached hydrogen (secondary N) is 1. The van der Waals surface area contributed by atoms with Crippen molar-refractivity contribution in [3.05, 3.63) is 23.8 Å². The van der Waals surface area contributed by atoms with Crippen LogP contribution in [0.3, 0.4) is 0 Å². The first-order chi connectivity index (χ1) is 8.74. The molecular weight excluding hydrogens is 268 g/mol. The molecule has 0 aliphatic carbocycles. The number of hydrogen-bond donors (Lipinski definition) is 3. The quantitative estimate of drug-likeness (QED) is 0.662. The normalized spacial score (nSPS) is 13.0. The molecule has 1 aromatic carbocycles. The van der Waals surface area contributed by atoms with Gasteiger partial charge in [-0.25, -0.2) is 8.42 Å². The summed E-state index contributed by atoms with van der Waals surface area (Å²) in [6, 6.07) is 4.00. The summed E-state index contributed by atoms with van der Waals surface area (Å²) in [7, 11) is -3.42. The van der Waals surface area contributed by atoms with Gasteiger partial charge in [-0.1, -0.05) is 6.92 Å². The lowest BCUT2D eigenvalue weighted by molar-refractivity contribution is 0.0942. The van der Waals surface area contributed by atoms with Gasteiger partial charge in [0.15, 0.2) is 9.84 Å². The molecule has 1 rings (SSSR count). The molecule has 4 N–H and O–H groups in total. The molecule has 1 unspecified atom stereocenters. The van der Waals surface area contributed by atoms with Gasteiger partial charge in [0.2, 0.25) is 0 Å². The molecule has 0 spiro atoms. The highest BCUT2D eigenvalue weighted by molar-refractivity contribution is 7.90. The number of benzene rings is 1. The van der Waals surface area contributed by atoms with E-state index in [0.717, 1.165) is 6.26 Å². The van der Waals surface area contributed by atoms with Crippen LogP contribution in [0.4, 0.5) is 5.69 Å². The van der Waals surface area contributed by atoms with E-state index < -0.39 is 15.7 Å². The van der Waals surface area contributed by atoms with Crippen molar-refractivity contribution in [1.29, 1.82) is 0 Å². The van der Waals surface area contributed by atoms with Crippen molar-refractivity contribution in [2.45, 2.75) is 11.8 Å². The summed E-state index contributed by atoms with van der Waals surface area (Å²) in [5.74, 6) is -0.489. The largest absolute Gasteiger partial charge is 0.399 e. The van der Waals surface area contributed by atoms with Gasteiger partial charge in [0.1, 0.15) is 0 Å². The molecule has 6 nitrogen and oxygen atoms in total. The lowest BCUT2D eigenvalue weighted by Crippen LogP contribution is -2.29. The van der Waals surface area contributed by atoms with Crippen LogP contribution in [-0.2, 0) is 9.84 Å². The van der Waals surface area contributed by atoms with Gasteiger partial charge < -0.3 is 16.2 Å². The van der Waals surface area contributed by atoms with E-state index in [4.69, 9.17) is 10.8 Å². The Morgan fingerprint density at radius 3 is 2.58 bits per heavy atom. The third-order valence-electron chi connectivity index (χ3n) is 2.54. The molecule has 19 heavy (non-hydrogen) atoms. The maximum absolute atomic E-state index is 11.9. The molecule has 0 aromatic heterocycles. The SMILES string of the molecule is CC(CO)CNC(=O)c1cc(N)cc(S(C)(=O)=O)c1. The van der Waals surface area contributed by atoms with Crippen molar-refractivity contribution in [2.24, 2.45) is 5.92 Å². The number of rotatable bonds is 5. The Balaban J connectivity index is 2.95. The fourth-order valence-electron chi connectivity index (χ4n) is 1.40. The minimum atomic E-state index is -3.42. The summed E-state index contributed by atoms with van der Waals surface area (Å²) < 4.78 is 22.9. The summed E-state index contributed by atoms with van der Waals surface area (Å²) in [5.41, 5.74) is 5.99. The molecule has 0 heterocycles. The van der Waals surface area contributed by atoms with Gasteiger partial charge in [0.25, 0.3) is 5.91 Å². The van der Waals surface area contributed by atoms with Crippen LogP contribution >= 0.6 is 0 Å². The zero-order chi connectivity index (χ0) is 14.6. The number of aliphatic hydroxyl groups is 1. The van der Waals surface area contributed by atoms with E-state index >= 15 is 0 Å². The number of anilines is 1. The van der Waals surface area contributed by atoms with Gasteiger partial charge in [0, 0.05) is 30.7 Å². The second kappa shape index (κ2) is 6.03. The Morgan fingerprint density at radius 2 is 2.05 bits per heavy atom. The van der Waals surface area contributed by atoms with E-state index in [-0.39, 0.29) is 28.7 Å². The van der Waals surface area contributed by atoms with E-state index in [1.165, 1.54) is 18.2 Å². The molecule has 0 saturated heterocycles. The maximum Gasteiger partial charge on any atom is 0.251 e. The standard InChI is InChI=1S/C12H18N2O4S/c1-8(7-15)6-14-12(16)9-3-10(13)5-11(4-9)19(2,17)18/h3-5,8,15H,6-7,13H2,1-2H3,(H,14,16). The number of aliphatic hydroxyl groups excluding tert-OH is 1. The second-order valence-corrected chi connectivity index (χ2v) is 6.58. The van der Waals surface area contributed by atoms with Gasteiger partial charge in [-0.3, -0.25) is 4.79 Å². The molecule has 0 radical (unpaired) electrons. The second-order valence-electron chi connectivity index (χ2n) is 4.56. The predicted molar refractivity (Wildman–Crippen MR) is 72.5 cm³/mol. The molecule has 1 atom stereocenters. The Morgan fingerprint density at radius 1 is 1.42 bits per heavy atom. The first kappa shape index (κ1) is 15.5. The third-order valence-corrected chi connectivity index (χ3v) is 3.63. The number of hydrogen-bond acceptors (Lipinski definition) is 5. The fourth-order valence-corrected chi connectivity index (χ4v) is 2.09. The van der Waals surface area contributed by atoms with Crippen LogP contribution in [0, 0.1) is 5.92 Å². The minimum absolute atomic E-state index is 0.00727. The summed E-state index contributed by atoms with van der Waals surface area (Å²) in [5, 5.41) is 11.5. The molecule has 106 valence electrons. The average molecular weight is 286 g/mol. The highest BCUT2D eigenvalue weighted by atomic mass is 32.2. The van der Waals surface area contributed by atoms with E-state index in [1.54, 1.807) is 6.92 Å². The average Bonchev–Trinajstić information content (AvgIpc) is 2.33. The number of nitrogen functional groups attached to an aromatic ring is 1.